The zero-order chi connectivity index (χ0) is 9.10. The fourth-order valence-corrected chi connectivity index (χ4v) is 2.19. The van der Waals surface area contributed by atoms with Crippen molar-refractivity contribution in [2.45, 2.75) is 6.61 Å². The Balaban J connectivity index is 2.05. The molecule has 2 heterocycles. The maximum Gasteiger partial charge on any atom is 0.185 e. The Morgan fingerprint density at radius 2 is 2.31 bits per heavy atom. The first-order chi connectivity index (χ1) is 6.40. The second kappa shape index (κ2) is 4.04. The lowest BCUT2D eigenvalue weighted by Gasteiger charge is -2.26. The van der Waals surface area contributed by atoms with E-state index in [2.05, 4.69) is 15.2 Å². The van der Waals surface area contributed by atoms with E-state index >= 15 is 0 Å². The minimum atomic E-state index is 0.101. The molecule has 2 rings (SSSR count). The molecule has 1 aromatic rings. The molecule has 0 aromatic carbocycles. The minimum Gasteiger partial charge on any atom is -0.391 e. The van der Waals surface area contributed by atoms with Crippen molar-refractivity contribution in [3.63, 3.8) is 0 Å². The smallest absolute Gasteiger partial charge is 0.185 e. The summed E-state index contributed by atoms with van der Waals surface area (Å²) in [6, 6.07) is 0. The molecule has 1 aliphatic rings. The molecular formula is C8H13N3OS. The van der Waals surface area contributed by atoms with Crippen LogP contribution in [-0.2, 0) is 6.61 Å². The summed E-state index contributed by atoms with van der Waals surface area (Å²) in [5, 5.41) is 13.2. The summed E-state index contributed by atoms with van der Waals surface area (Å²) < 4.78 is 0. The van der Waals surface area contributed by atoms with E-state index in [-0.39, 0.29) is 6.61 Å². The summed E-state index contributed by atoms with van der Waals surface area (Å²) in [4.78, 5) is 7.46. The molecule has 0 radical (unpaired) electrons. The number of aliphatic hydroxyl groups excluding tert-OH is 1. The molecule has 2 N–H and O–H groups in total. The van der Waals surface area contributed by atoms with Crippen LogP contribution in [0.15, 0.2) is 6.20 Å². The van der Waals surface area contributed by atoms with E-state index in [9.17, 15) is 0 Å². The highest BCUT2D eigenvalue weighted by Crippen LogP contribution is 2.22. The average molecular weight is 199 g/mol. The lowest BCUT2D eigenvalue weighted by molar-refractivity contribution is 0.285. The number of nitrogens with zero attached hydrogens (tertiary/aromatic N) is 2. The van der Waals surface area contributed by atoms with E-state index in [4.69, 9.17) is 5.11 Å². The van der Waals surface area contributed by atoms with E-state index in [0.29, 0.717) is 0 Å². The first-order valence-electron chi connectivity index (χ1n) is 4.41. The maximum absolute atomic E-state index is 8.89. The highest BCUT2D eigenvalue weighted by Gasteiger charge is 2.13. The largest absolute Gasteiger partial charge is 0.391 e. The zero-order valence-electron chi connectivity index (χ0n) is 7.36. The summed E-state index contributed by atoms with van der Waals surface area (Å²) in [6.07, 6.45) is 1.75. The van der Waals surface area contributed by atoms with Gasteiger partial charge in [-0.15, -0.1) is 0 Å². The number of rotatable bonds is 2. The Morgan fingerprint density at radius 1 is 1.54 bits per heavy atom. The number of aliphatic hydroxyl groups is 1. The van der Waals surface area contributed by atoms with Crippen LogP contribution in [0.2, 0.25) is 0 Å². The van der Waals surface area contributed by atoms with E-state index in [0.717, 1.165) is 36.2 Å². The predicted octanol–water partition coefficient (Wildman–Crippen LogP) is 0.0450. The second-order valence-electron chi connectivity index (χ2n) is 3.00. The van der Waals surface area contributed by atoms with E-state index in [1.807, 2.05) is 0 Å². The first kappa shape index (κ1) is 8.93. The number of hydrogen-bond acceptors (Lipinski definition) is 5. The van der Waals surface area contributed by atoms with Crippen molar-refractivity contribution in [2.24, 2.45) is 0 Å². The van der Waals surface area contributed by atoms with Gasteiger partial charge in [0.05, 0.1) is 11.5 Å². The number of nitrogens with one attached hydrogen (secondary N) is 1. The lowest BCUT2D eigenvalue weighted by Crippen LogP contribution is -2.43. The van der Waals surface area contributed by atoms with Crippen molar-refractivity contribution in [2.75, 3.05) is 31.1 Å². The standard InChI is InChI=1S/C8H13N3OS/c12-6-7-5-10-8(13-7)11-3-1-9-2-4-11/h5,9,12H,1-4,6H2. The molecule has 1 aliphatic heterocycles. The Morgan fingerprint density at radius 3 is 2.92 bits per heavy atom. The van der Waals surface area contributed by atoms with Crippen LogP contribution in [0.1, 0.15) is 4.88 Å². The maximum atomic E-state index is 8.89. The van der Waals surface area contributed by atoms with Gasteiger partial charge in [-0.05, 0) is 0 Å². The van der Waals surface area contributed by atoms with Crippen LogP contribution in [-0.4, -0.2) is 36.3 Å². The molecule has 0 saturated carbocycles. The Hall–Kier alpha value is -0.650. The summed E-state index contributed by atoms with van der Waals surface area (Å²) in [5.74, 6) is 0. The number of thiazole rings is 1. The van der Waals surface area contributed by atoms with Crippen molar-refractivity contribution < 1.29 is 5.11 Å². The molecular weight excluding hydrogens is 186 g/mol. The van der Waals surface area contributed by atoms with Gasteiger partial charge in [0.15, 0.2) is 5.13 Å². The van der Waals surface area contributed by atoms with E-state index in [1.54, 1.807) is 17.5 Å². The Labute approximate surface area is 81.2 Å². The molecule has 0 spiro atoms. The van der Waals surface area contributed by atoms with Crippen molar-refractivity contribution in [3.05, 3.63) is 11.1 Å². The molecule has 0 amide bonds. The molecule has 0 unspecified atom stereocenters. The van der Waals surface area contributed by atoms with Gasteiger partial charge in [0.1, 0.15) is 0 Å². The van der Waals surface area contributed by atoms with E-state index < -0.39 is 0 Å². The van der Waals surface area contributed by atoms with Crippen molar-refractivity contribution in [1.29, 1.82) is 0 Å². The van der Waals surface area contributed by atoms with Gasteiger partial charge in [0, 0.05) is 32.4 Å². The average Bonchev–Trinajstić information content (AvgIpc) is 2.67. The Bertz CT molecular complexity index is 270. The zero-order valence-corrected chi connectivity index (χ0v) is 8.18. The first-order valence-corrected chi connectivity index (χ1v) is 5.23. The van der Waals surface area contributed by atoms with Crippen LogP contribution < -0.4 is 10.2 Å². The third-order valence-electron chi connectivity index (χ3n) is 2.08. The van der Waals surface area contributed by atoms with Crippen molar-refractivity contribution in [1.82, 2.24) is 10.3 Å². The summed E-state index contributed by atoms with van der Waals surface area (Å²) in [5.41, 5.74) is 0. The quantitative estimate of drug-likeness (QED) is 0.706. The molecule has 1 saturated heterocycles. The molecule has 72 valence electrons. The molecule has 1 fully saturated rings. The van der Waals surface area contributed by atoms with Gasteiger partial charge >= 0.3 is 0 Å². The van der Waals surface area contributed by atoms with Crippen molar-refractivity contribution in [3.8, 4) is 0 Å². The van der Waals surface area contributed by atoms with Gasteiger partial charge in [0.25, 0.3) is 0 Å². The third-order valence-corrected chi connectivity index (χ3v) is 3.13. The normalized spacial score (nSPS) is 17.8. The monoisotopic (exact) mass is 199 g/mol. The molecule has 4 nitrogen and oxygen atoms in total. The van der Waals surface area contributed by atoms with Crippen LogP contribution >= 0.6 is 11.3 Å². The van der Waals surface area contributed by atoms with Gasteiger partial charge in [0.2, 0.25) is 0 Å². The molecule has 0 bridgehead atoms. The van der Waals surface area contributed by atoms with Crippen LogP contribution in [0.5, 0.6) is 0 Å². The summed E-state index contributed by atoms with van der Waals surface area (Å²) in [6.45, 7) is 4.17. The highest BCUT2D eigenvalue weighted by atomic mass is 32.1. The molecule has 1 aromatic heterocycles. The van der Waals surface area contributed by atoms with Crippen molar-refractivity contribution >= 4 is 16.5 Å². The van der Waals surface area contributed by atoms with Crippen LogP contribution in [0.25, 0.3) is 0 Å². The molecule has 13 heavy (non-hydrogen) atoms. The molecule has 5 heteroatoms. The fourth-order valence-electron chi connectivity index (χ4n) is 1.37. The molecule has 0 atom stereocenters. The summed E-state index contributed by atoms with van der Waals surface area (Å²) >= 11 is 1.58. The van der Waals surface area contributed by atoms with Crippen LogP contribution in [0.3, 0.4) is 0 Å². The third kappa shape index (κ3) is 1.99. The number of anilines is 1. The van der Waals surface area contributed by atoms with Gasteiger partial charge < -0.3 is 15.3 Å². The number of hydrogen-bond donors (Lipinski definition) is 2. The number of aromatic nitrogens is 1. The highest BCUT2D eigenvalue weighted by molar-refractivity contribution is 7.15. The van der Waals surface area contributed by atoms with Gasteiger partial charge in [-0.25, -0.2) is 4.98 Å². The van der Waals surface area contributed by atoms with Gasteiger partial charge in [-0.1, -0.05) is 11.3 Å². The molecule has 0 aliphatic carbocycles. The minimum absolute atomic E-state index is 0.101. The second-order valence-corrected chi connectivity index (χ2v) is 4.10. The SMILES string of the molecule is OCc1cnc(N2CCNCC2)s1. The van der Waals surface area contributed by atoms with E-state index in [1.165, 1.54) is 0 Å². The van der Waals surface area contributed by atoms with Gasteiger partial charge in [-0.3, -0.25) is 0 Å². The van der Waals surface area contributed by atoms with Gasteiger partial charge in [-0.2, -0.15) is 0 Å². The number of piperazine rings is 1. The lowest BCUT2D eigenvalue weighted by atomic mass is 10.4. The van der Waals surface area contributed by atoms with Crippen LogP contribution in [0.4, 0.5) is 5.13 Å². The van der Waals surface area contributed by atoms with Crippen LogP contribution in [0, 0.1) is 0 Å². The topological polar surface area (TPSA) is 48.4 Å². The predicted molar refractivity (Wildman–Crippen MR) is 53.1 cm³/mol. The fraction of sp³-hybridized carbons (Fsp3) is 0.625. The summed E-state index contributed by atoms with van der Waals surface area (Å²) in [7, 11) is 0. The Kier molecular flexibility index (Phi) is 2.77.